The van der Waals surface area contributed by atoms with Gasteiger partial charge >= 0.3 is 0 Å². The molecule has 2 amide bonds. The second-order valence-corrected chi connectivity index (χ2v) is 6.57. The van der Waals surface area contributed by atoms with Crippen LogP contribution in [-0.4, -0.2) is 18.9 Å². The summed E-state index contributed by atoms with van der Waals surface area (Å²) in [6.45, 7) is 0. The maximum Gasteiger partial charge on any atom is 0.255 e. The lowest BCUT2D eigenvalue weighted by molar-refractivity contribution is -0.115. The number of ether oxygens (including phenoxy) is 1. The lowest BCUT2D eigenvalue weighted by Crippen LogP contribution is -2.15. The van der Waals surface area contributed by atoms with Crippen molar-refractivity contribution in [2.45, 2.75) is 6.42 Å². The highest BCUT2D eigenvalue weighted by molar-refractivity contribution is 7.10. The van der Waals surface area contributed by atoms with E-state index in [4.69, 9.17) is 4.74 Å². The highest BCUT2D eigenvalue weighted by atomic mass is 32.1. The molecule has 6 heteroatoms. The molecule has 0 aliphatic carbocycles. The van der Waals surface area contributed by atoms with Crippen LogP contribution in [0.1, 0.15) is 15.2 Å². The van der Waals surface area contributed by atoms with Crippen molar-refractivity contribution in [3.63, 3.8) is 0 Å². The third-order valence-electron chi connectivity index (χ3n) is 3.68. The van der Waals surface area contributed by atoms with Crippen LogP contribution in [0.15, 0.2) is 66.0 Å². The summed E-state index contributed by atoms with van der Waals surface area (Å²) in [5.41, 5.74) is 1.63. The summed E-state index contributed by atoms with van der Waals surface area (Å²) in [5, 5.41) is 7.61. The molecule has 0 spiro atoms. The average molecular weight is 366 g/mol. The number of hydrogen-bond donors (Lipinski definition) is 2. The first kappa shape index (κ1) is 17.7. The van der Waals surface area contributed by atoms with Crippen molar-refractivity contribution in [3.05, 3.63) is 76.5 Å². The first-order valence-corrected chi connectivity index (χ1v) is 8.90. The minimum absolute atomic E-state index is 0.113. The van der Waals surface area contributed by atoms with E-state index in [1.165, 1.54) is 18.4 Å². The Bertz CT molecular complexity index is 893. The quantitative estimate of drug-likeness (QED) is 0.687. The number of thiophene rings is 1. The van der Waals surface area contributed by atoms with Crippen molar-refractivity contribution < 1.29 is 14.3 Å². The minimum atomic E-state index is -0.244. The van der Waals surface area contributed by atoms with Gasteiger partial charge in [-0.05, 0) is 41.8 Å². The molecule has 2 N–H and O–H groups in total. The van der Waals surface area contributed by atoms with E-state index in [0.29, 0.717) is 29.1 Å². The number of nitrogens with one attached hydrogen (secondary N) is 2. The standard InChI is InChI=1S/C20H18N2O3S/c1-25-18-10-9-15(21-19(23)13-16-8-5-11-26-16)12-17(18)22-20(24)14-6-3-2-4-7-14/h2-12H,13H2,1H3,(H,21,23)(H,22,24). The summed E-state index contributed by atoms with van der Waals surface area (Å²) in [6, 6.07) is 17.9. The lowest BCUT2D eigenvalue weighted by Gasteiger charge is -2.13. The number of carbonyl (C=O) groups excluding carboxylic acids is 2. The molecule has 0 radical (unpaired) electrons. The Balaban J connectivity index is 1.73. The topological polar surface area (TPSA) is 67.4 Å². The largest absolute Gasteiger partial charge is 0.495 e. The molecule has 1 heterocycles. The van der Waals surface area contributed by atoms with Crippen LogP contribution < -0.4 is 15.4 Å². The monoisotopic (exact) mass is 366 g/mol. The Morgan fingerprint density at radius 1 is 1.00 bits per heavy atom. The molecular weight excluding hydrogens is 348 g/mol. The molecule has 3 aromatic rings. The van der Waals surface area contributed by atoms with E-state index in [9.17, 15) is 9.59 Å². The van der Waals surface area contributed by atoms with Crippen molar-refractivity contribution in [2.24, 2.45) is 0 Å². The molecule has 132 valence electrons. The first-order valence-electron chi connectivity index (χ1n) is 8.02. The van der Waals surface area contributed by atoms with Gasteiger partial charge < -0.3 is 15.4 Å². The normalized spacial score (nSPS) is 10.2. The van der Waals surface area contributed by atoms with E-state index in [1.54, 1.807) is 42.5 Å². The van der Waals surface area contributed by atoms with Crippen LogP contribution in [-0.2, 0) is 11.2 Å². The molecular formula is C20H18N2O3S. The van der Waals surface area contributed by atoms with Gasteiger partial charge in [0.25, 0.3) is 5.91 Å². The number of anilines is 2. The summed E-state index contributed by atoms with van der Waals surface area (Å²) >= 11 is 1.54. The third-order valence-corrected chi connectivity index (χ3v) is 4.56. The number of carbonyl (C=O) groups is 2. The van der Waals surface area contributed by atoms with E-state index in [2.05, 4.69) is 10.6 Å². The van der Waals surface area contributed by atoms with Crippen LogP contribution in [0.5, 0.6) is 5.75 Å². The van der Waals surface area contributed by atoms with Gasteiger partial charge in [-0.2, -0.15) is 0 Å². The van der Waals surface area contributed by atoms with Gasteiger partial charge in [0, 0.05) is 16.1 Å². The van der Waals surface area contributed by atoms with E-state index in [-0.39, 0.29) is 11.8 Å². The van der Waals surface area contributed by atoms with Crippen molar-refractivity contribution >= 4 is 34.5 Å². The van der Waals surface area contributed by atoms with Gasteiger partial charge in [-0.25, -0.2) is 0 Å². The van der Waals surface area contributed by atoms with Crippen LogP contribution in [0.3, 0.4) is 0 Å². The highest BCUT2D eigenvalue weighted by Crippen LogP contribution is 2.28. The first-order chi connectivity index (χ1) is 12.7. The Kier molecular flexibility index (Phi) is 5.66. The number of rotatable bonds is 6. The molecule has 26 heavy (non-hydrogen) atoms. The number of methoxy groups -OCH3 is 1. The number of benzene rings is 2. The lowest BCUT2D eigenvalue weighted by atomic mass is 10.2. The predicted octanol–water partition coefficient (Wildman–Crippen LogP) is 4.19. The van der Waals surface area contributed by atoms with Crippen LogP contribution in [0.4, 0.5) is 11.4 Å². The van der Waals surface area contributed by atoms with E-state index in [1.807, 2.05) is 23.6 Å². The molecule has 0 aliphatic rings. The highest BCUT2D eigenvalue weighted by Gasteiger charge is 2.12. The Labute approximate surface area is 155 Å². The summed E-state index contributed by atoms with van der Waals surface area (Å²) in [5.74, 6) is 0.162. The van der Waals surface area contributed by atoms with E-state index in [0.717, 1.165) is 4.88 Å². The van der Waals surface area contributed by atoms with Gasteiger partial charge in [0.05, 0.1) is 19.2 Å². The van der Waals surface area contributed by atoms with E-state index < -0.39 is 0 Å². The third kappa shape index (κ3) is 4.49. The Morgan fingerprint density at radius 2 is 1.81 bits per heavy atom. The van der Waals surface area contributed by atoms with Crippen molar-refractivity contribution in [1.29, 1.82) is 0 Å². The van der Waals surface area contributed by atoms with Crippen LogP contribution >= 0.6 is 11.3 Å². The SMILES string of the molecule is COc1ccc(NC(=O)Cc2cccs2)cc1NC(=O)c1ccccc1. The molecule has 3 rings (SSSR count). The fourth-order valence-electron chi connectivity index (χ4n) is 2.44. The molecule has 0 atom stereocenters. The van der Waals surface area contributed by atoms with Crippen molar-refractivity contribution in [3.8, 4) is 5.75 Å². The molecule has 0 saturated carbocycles. The predicted molar refractivity (Wildman–Crippen MR) is 104 cm³/mol. The van der Waals surface area contributed by atoms with Gasteiger partial charge in [-0.1, -0.05) is 24.3 Å². The fraction of sp³-hybridized carbons (Fsp3) is 0.100. The van der Waals surface area contributed by atoms with Gasteiger partial charge in [0.15, 0.2) is 0 Å². The number of amides is 2. The fourth-order valence-corrected chi connectivity index (χ4v) is 3.15. The van der Waals surface area contributed by atoms with Crippen LogP contribution in [0.2, 0.25) is 0 Å². The molecule has 0 unspecified atom stereocenters. The Hall–Kier alpha value is -3.12. The second kappa shape index (κ2) is 8.31. The summed E-state index contributed by atoms with van der Waals surface area (Å²) < 4.78 is 5.30. The van der Waals surface area contributed by atoms with Gasteiger partial charge in [-0.15, -0.1) is 11.3 Å². The molecule has 0 saturated heterocycles. The summed E-state index contributed by atoms with van der Waals surface area (Å²) in [7, 11) is 1.53. The summed E-state index contributed by atoms with van der Waals surface area (Å²) in [4.78, 5) is 25.5. The van der Waals surface area contributed by atoms with Crippen LogP contribution in [0, 0.1) is 0 Å². The zero-order valence-corrected chi connectivity index (χ0v) is 15.0. The molecule has 0 fully saturated rings. The molecule has 0 aliphatic heterocycles. The molecule has 0 bridgehead atoms. The maximum atomic E-state index is 12.4. The molecule has 1 aromatic heterocycles. The van der Waals surface area contributed by atoms with Crippen molar-refractivity contribution in [2.75, 3.05) is 17.7 Å². The van der Waals surface area contributed by atoms with Gasteiger partial charge in [-0.3, -0.25) is 9.59 Å². The zero-order chi connectivity index (χ0) is 18.4. The smallest absolute Gasteiger partial charge is 0.255 e. The number of hydrogen-bond acceptors (Lipinski definition) is 4. The maximum absolute atomic E-state index is 12.4. The Morgan fingerprint density at radius 3 is 2.50 bits per heavy atom. The van der Waals surface area contributed by atoms with Crippen molar-refractivity contribution in [1.82, 2.24) is 0 Å². The second-order valence-electron chi connectivity index (χ2n) is 5.54. The van der Waals surface area contributed by atoms with Gasteiger partial charge in [0.2, 0.25) is 5.91 Å². The zero-order valence-electron chi connectivity index (χ0n) is 14.2. The average Bonchev–Trinajstić information content (AvgIpc) is 3.15. The molecule has 2 aromatic carbocycles. The minimum Gasteiger partial charge on any atom is -0.495 e. The summed E-state index contributed by atoms with van der Waals surface area (Å²) in [6.07, 6.45) is 0.315. The van der Waals surface area contributed by atoms with Crippen LogP contribution in [0.25, 0.3) is 0 Å². The van der Waals surface area contributed by atoms with Gasteiger partial charge in [0.1, 0.15) is 5.75 Å². The molecule has 5 nitrogen and oxygen atoms in total. The van der Waals surface area contributed by atoms with E-state index >= 15 is 0 Å².